The molecule has 1 aromatic carbocycles. The first-order chi connectivity index (χ1) is 14.1. The van der Waals surface area contributed by atoms with E-state index in [0.717, 1.165) is 58.9 Å². The highest BCUT2D eigenvalue weighted by Gasteiger charge is 2.30. The zero-order valence-electron chi connectivity index (χ0n) is 16.5. The molecule has 0 radical (unpaired) electrons. The van der Waals surface area contributed by atoms with Gasteiger partial charge in [0.05, 0.1) is 18.5 Å². The van der Waals surface area contributed by atoms with Gasteiger partial charge in [0.15, 0.2) is 5.01 Å². The van der Waals surface area contributed by atoms with Crippen molar-refractivity contribution in [3.05, 3.63) is 40.5 Å². The second-order valence-electron chi connectivity index (χ2n) is 7.71. The zero-order chi connectivity index (χ0) is 20.0. The summed E-state index contributed by atoms with van der Waals surface area (Å²) in [6, 6.07) is 6.36. The van der Waals surface area contributed by atoms with E-state index in [4.69, 9.17) is 9.72 Å². The summed E-state index contributed by atoms with van der Waals surface area (Å²) < 4.78 is 6.00. The van der Waals surface area contributed by atoms with Crippen LogP contribution in [0.5, 0.6) is 5.75 Å². The van der Waals surface area contributed by atoms with Crippen molar-refractivity contribution >= 4 is 17.2 Å². The first kappa shape index (κ1) is 18.3. The number of rotatable bonds is 3. The van der Waals surface area contributed by atoms with Gasteiger partial charge in [-0.25, -0.2) is 4.98 Å². The van der Waals surface area contributed by atoms with E-state index in [9.17, 15) is 4.79 Å². The number of likely N-dealkylation sites (tertiary alicyclic amines) is 1. The van der Waals surface area contributed by atoms with E-state index in [2.05, 4.69) is 22.1 Å². The number of aromatic amines is 1. The Hall–Kier alpha value is -2.71. The van der Waals surface area contributed by atoms with E-state index < -0.39 is 0 Å². The van der Waals surface area contributed by atoms with E-state index in [1.807, 2.05) is 36.3 Å². The van der Waals surface area contributed by atoms with Gasteiger partial charge in [-0.2, -0.15) is 5.10 Å². The van der Waals surface area contributed by atoms with Crippen molar-refractivity contribution in [3.63, 3.8) is 0 Å². The second kappa shape index (κ2) is 7.27. The van der Waals surface area contributed by atoms with Crippen LogP contribution in [0, 0.1) is 0 Å². The molecule has 8 heteroatoms. The van der Waals surface area contributed by atoms with Gasteiger partial charge in [-0.3, -0.25) is 9.89 Å². The molecule has 0 aliphatic carbocycles. The minimum Gasteiger partial charge on any atom is -0.492 e. The number of nitrogens with zero attached hydrogens (tertiary/aromatic N) is 4. The number of fused-ring (bicyclic) bond motifs is 3. The summed E-state index contributed by atoms with van der Waals surface area (Å²) in [6.45, 7) is 2.52. The van der Waals surface area contributed by atoms with Gasteiger partial charge in [0.25, 0.3) is 5.91 Å². The maximum Gasteiger partial charge on any atom is 0.282 e. The summed E-state index contributed by atoms with van der Waals surface area (Å²) in [7, 11) is 3.99. The first-order valence-corrected chi connectivity index (χ1v) is 10.6. The molecule has 1 unspecified atom stereocenters. The summed E-state index contributed by atoms with van der Waals surface area (Å²) in [5, 5.41) is 7.43. The summed E-state index contributed by atoms with van der Waals surface area (Å²) in [6.07, 6.45) is 5.42. The molecule has 29 heavy (non-hydrogen) atoms. The molecule has 2 aliphatic heterocycles. The van der Waals surface area contributed by atoms with Gasteiger partial charge in [0.2, 0.25) is 0 Å². The Morgan fingerprint density at radius 2 is 2.28 bits per heavy atom. The van der Waals surface area contributed by atoms with E-state index >= 15 is 0 Å². The lowest BCUT2D eigenvalue weighted by Gasteiger charge is -2.23. The highest BCUT2D eigenvalue weighted by molar-refractivity contribution is 7.14. The standard InChI is InChI=1S/C21H23N5O2S/c1-25-7-5-15(12-25)26(2)21(27)20-24-19-16-4-3-13(14-10-22-23-11-14)9-17(16)28-8-6-18(19)29-20/h3-4,9-11,15H,5-8,12H2,1-2H3,(H,22,23). The van der Waals surface area contributed by atoms with E-state index in [1.54, 1.807) is 6.20 Å². The number of ether oxygens (including phenoxy) is 1. The number of nitrogens with one attached hydrogen (secondary N) is 1. The molecule has 2 aromatic heterocycles. The fourth-order valence-electron chi connectivity index (χ4n) is 4.05. The average Bonchev–Trinajstić information content (AvgIpc) is 3.46. The molecule has 150 valence electrons. The highest BCUT2D eigenvalue weighted by atomic mass is 32.1. The van der Waals surface area contributed by atoms with Crippen LogP contribution >= 0.6 is 11.3 Å². The van der Waals surface area contributed by atoms with Crippen molar-refractivity contribution in [2.45, 2.75) is 18.9 Å². The lowest BCUT2D eigenvalue weighted by atomic mass is 10.0. The number of H-pyrrole nitrogens is 1. The molecule has 1 amide bonds. The van der Waals surface area contributed by atoms with Crippen LogP contribution in [0.3, 0.4) is 0 Å². The third-order valence-corrected chi connectivity index (χ3v) is 6.87. The Balaban J connectivity index is 1.46. The molecule has 1 fully saturated rings. The monoisotopic (exact) mass is 409 g/mol. The van der Waals surface area contributed by atoms with Crippen molar-refractivity contribution in [2.75, 3.05) is 33.8 Å². The quantitative estimate of drug-likeness (QED) is 0.720. The van der Waals surface area contributed by atoms with Gasteiger partial charge in [-0.05, 0) is 37.7 Å². The third-order valence-electron chi connectivity index (χ3n) is 5.77. The van der Waals surface area contributed by atoms with Crippen molar-refractivity contribution in [2.24, 2.45) is 0 Å². The van der Waals surface area contributed by atoms with Crippen molar-refractivity contribution in [3.8, 4) is 28.1 Å². The van der Waals surface area contributed by atoms with Crippen molar-refractivity contribution in [1.82, 2.24) is 25.0 Å². The highest BCUT2D eigenvalue weighted by Crippen LogP contribution is 2.40. The summed E-state index contributed by atoms with van der Waals surface area (Å²) in [5.41, 5.74) is 3.88. The predicted octanol–water partition coefficient (Wildman–Crippen LogP) is 2.91. The summed E-state index contributed by atoms with van der Waals surface area (Å²) in [5.74, 6) is 0.818. The van der Waals surface area contributed by atoms with Gasteiger partial charge < -0.3 is 14.5 Å². The largest absolute Gasteiger partial charge is 0.492 e. The number of benzene rings is 1. The molecule has 5 rings (SSSR count). The molecule has 3 aromatic rings. The smallest absolute Gasteiger partial charge is 0.282 e. The predicted molar refractivity (Wildman–Crippen MR) is 112 cm³/mol. The average molecular weight is 410 g/mol. The van der Waals surface area contributed by atoms with E-state index in [-0.39, 0.29) is 11.9 Å². The van der Waals surface area contributed by atoms with Gasteiger partial charge in [0, 0.05) is 48.3 Å². The third kappa shape index (κ3) is 3.32. The number of carbonyl (C=O) groups excluding carboxylic acids is 1. The minimum absolute atomic E-state index is 0.0147. The van der Waals surface area contributed by atoms with E-state index in [1.165, 1.54) is 11.3 Å². The Morgan fingerprint density at radius 3 is 3.03 bits per heavy atom. The Kier molecular flexibility index (Phi) is 4.60. The number of aromatic nitrogens is 3. The SMILES string of the molecule is CN1CCC(N(C)C(=O)c2nc3c(s2)CCOc2cc(-c4cn[nH]c4)ccc2-3)C1. The van der Waals surface area contributed by atoms with Crippen LogP contribution in [0.25, 0.3) is 22.4 Å². The molecule has 0 spiro atoms. The summed E-state index contributed by atoms with van der Waals surface area (Å²) in [4.78, 5) is 23.1. The molecular weight excluding hydrogens is 386 g/mol. The Bertz CT molecular complexity index is 1050. The van der Waals surface area contributed by atoms with Crippen LogP contribution in [0.15, 0.2) is 30.6 Å². The van der Waals surface area contributed by atoms with Crippen molar-refractivity contribution < 1.29 is 9.53 Å². The molecule has 2 aliphatic rings. The number of likely N-dealkylation sites (N-methyl/N-ethyl adjacent to an activating group) is 2. The van der Waals surface area contributed by atoms with Crippen LogP contribution < -0.4 is 4.74 Å². The second-order valence-corrected chi connectivity index (χ2v) is 8.79. The molecular formula is C21H23N5O2S. The van der Waals surface area contributed by atoms with E-state index in [0.29, 0.717) is 11.6 Å². The number of hydrogen-bond donors (Lipinski definition) is 1. The molecule has 0 saturated carbocycles. The van der Waals surface area contributed by atoms with Gasteiger partial charge in [-0.1, -0.05) is 6.07 Å². The molecule has 1 N–H and O–H groups in total. The Morgan fingerprint density at radius 1 is 1.38 bits per heavy atom. The molecule has 1 saturated heterocycles. The number of hydrogen-bond acceptors (Lipinski definition) is 6. The van der Waals surface area contributed by atoms with Crippen LogP contribution in [0.4, 0.5) is 0 Å². The normalized spacial score (nSPS) is 18.6. The lowest BCUT2D eigenvalue weighted by Crippen LogP contribution is -2.38. The number of amides is 1. The van der Waals surface area contributed by atoms with Crippen molar-refractivity contribution in [1.29, 1.82) is 0 Å². The molecule has 0 bridgehead atoms. The fraction of sp³-hybridized carbons (Fsp3) is 0.381. The zero-order valence-corrected chi connectivity index (χ0v) is 17.3. The molecule has 1 atom stereocenters. The number of carbonyl (C=O) groups is 1. The molecule has 4 heterocycles. The summed E-state index contributed by atoms with van der Waals surface area (Å²) >= 11 is 1.50. The maximum absolute atomic E-state index is 13.1. The Labute approximate surface area is 173 Å². The first-order valence-electron chi connectivity index (χ1n) is 9.82. The minimum atomic E-state index is 0.0147. The van der Waals surface area contributed by atoms with Crippen LogP contribution in [0.1, 0.15) is 21.1 Å². The van der Waals surface area contributed by atoms with Gasteiger partial charge >= 0.3 is 0 Å². The molecule has 7 nitrogen and oxygen atoms in total. The van der Waals surface area contributed by atoms with Gasteiger partial charge in [0.1, 0.15) is 5.75 Å². The lowest BCUT2D eigenvalue weighted by molar-refractivity contribution is 0.0737. The fourth-order valence-corrected chi connectivity index (χ4v) is 5.09. The topological polar surface area (TPSA) is 74.3 Å². The maximum atomic E-state index is 13.1. The van der Waals surface area contributed by atoms with Crippen LogP contribution in [-0.4, -0.2) is 70.7 Å². The van der Waals surface area contributed by atoms with Crippen LogP contribution in [-0.2, 0) is 6.42 Å². The van der Waals surface area contributed by atoms with Crippen LogP contribution in [0.2, 0.25) is 0 Å². The number of thiazole rings is 1. The van der Waals surface area contributed by atoms with Gasteiger partial charge in [-0.15, -0.1) is 11.3 Å².